The molecular weight excluding hydrogens is 276 g/mol. The minimum Gasteiger partial charge on any atom is -0.487 e. The van der Waals surface area contributed by atoms with E-state index >= 15 is 0 Å². The zero-order valence-corrected chi connectivity index (χ0v) is 13.0. The molecule has 0 N–H and O–H groups in total. The number of halogens is 1. The molecule has 0 radical (unpaired) electrons. The highest BCUT2D eigenvalue weighted by atomic mass is 35.5. The molecular formula is C14H19BClNO3. The first kappa shape index (κ1) is 14.2. The van der Waals surface area contributed by atoms with Crippen molar-refractivity contribution in [3.05, 3.63) is 17.3 Å². The molecule has 1 aromatic heterocycles. The third kappa shape index (κ3) is 2.54. The molecule has 0 atom stereocenters. The largest absolute Gasteiger partial charge is 0.514 e. The maximum absolute atomic E-state index is 6.25. The van der Waals surface area contributed by atoms with Crippen molar-refractivity contribution in [2.24, 2.45) is 0 Å². The molecule has 1 aromatic rings. The number of aromatic nitrogens is 1. The maximum Gasteiger partial charge on any atom is 0.514 e. The summed E-state index contributed by atoms with van der Waals surface area (Å²) >= 11 is 6.25. The molecule has 0 amide bonds. The highest BCUT2D eigenvalue weighted by molar-refractivity contribution is 6.61. The van der Waals surface area contributed by atoms with Crippen molar-refractivity contribution in [2.75, 3.05) is 0 Å². The summed E-state index contributed by atoms with van der Waals surface area (Å²) in [4.78, 5) is 4.37. The first-order chi connectivity index (χ1) is 9.28. The minimum atomic E-state index is -0.493. The molecule has 1 aliphatic carbocycles. The van der Waals surface area contributed by atoms with Crippen LogP contribution in [0.2, 0.25) is 5.02 Å². The summed E-state index contributed by atoms with van der Waals surface area (Å²) in [5.74, 6) is 0.634. The third-order valence-corrected chi connectivity index (χ3v) is 4.45. The van der Waals surface area contributed by atoms with Crippen LogP contribution < -0.4 is 10.3 Å². The minimum absolute atomic E-state index is 0.303. The quantitative estimate of drug-likeness (QED) is 0.804. The summed E-state index contributed by atoms with van der Waals surface area (Å²) < 4.78 is 17.6. The summed E-state index contributed by atoms with van der Waals surface area (Å²) in [6, 6.07) is 1.77. The number of nitrogens with zero attached hydrogens (tertiary/aromatic N) is 1. The van der Waals surface area contributed by atoms with Crippen LogP contribution in [0.5, 0.6) is 5.75 Å². The van der Waals surface area contributed by atoms with Gasteiger partial charge in [0.1, 0.15) is 0 Å². The van der Waals surface area contributed by atoms with Gasteiger partial charge in [0.15, 0.2) is 5.75 Å². The van der Waals surface area contributed by atoms with Crippen molar-refractivity contribution in [3.8, 4) is 5.75 Å². The van der Waals surface area contributed by atoms with Crippen LogP contribution in [0.4, 0.5) is 0 Å². The average Bonchev–Trinajstić information content (AvgIpc) is 3.10. The van der Waals surface area contributed by atoms with E-state index in [-0.39, 0.29) is 11.2 Å². The lowest BCUT2D eigenvalue weighted by Crippen LogP contribution is -2.41. The zero-order valence-electron chi connectivity index (χ0n) is 12.3. The molecule has 2 heterocycles. The Kier molecular flexibility index (Phi) is 3.27. The molecule has 108 valence electrons. The Balaban J connectivity index is 1.79. The summed E-state index contributed by atoms with van der Waals surface area (Å²) in [6.45, 7) is 8.05. The van der Waals surface area contributed by atoms with E-state index in [4.69, 9.17) is 25.6 Å². The predicted octanol–water partition coefficient (Wildman–Crippen LogP) is 2.58. The molecule has 3 rings (SSSR count). The van der Waals surface area contributed by atoms with Crippen LogP contribution in [0, 0.1) is 0 Å². The van der Waals surface area contributed by atoms with E-state index in [2.05, 4.69) is 4.98 Å². The Morgan fingerprint density at radius 1 is 1.25 bits per heavy atom. The van der Waals surface area contributed by atoms with Crippen molar-refractivity contribution < 1.29 is 14.0 Å². The second-order valence-corrected chi connectivity index (χ2v) is 6.85. The fourth-order valence-electron chi connectivity index (χ4n) is 1.98. The van der Waals surface area contributed by atoms with Crippen LogP contribution in [0.25, 0.3) is 0 Å². The van der Waals surface area contributed by atoms with E-state index in [1.807, 2.05) is 27.7 Å². The van der Waals surface area contributed by atoms with Gasteiger partial charge in [0.2, 0.25) is 0 Å². The molecule has 1 saturated heterocycles. The van der Waals surface area contributed by atoms with Gasteiger partial charge in [-0.15, -0.1) is 0 Å². The Hall–Kier alpha value is -0.775. The van der Waals surface area contributed by atoms with E-state index in [1.165, 1.54) is 0 Å². The van der Waals surface area contributed by atoms with Crippen LogP contribution in [0.3, 0.4) is 0 Å². The van der Waals surface area contributed by atoms with E-state index in [9.17, 15) is 0 Å². The maximum atomic E-state index is 6.25. The zero-order chi connectivity index (χ0) is 14.5. The standard InChI is InChI=1S/C14H19BClNO3/c1-13(2)14(3,4)20-15(19-13)12-7-10(16)11(8-17-12)18-9-5-6-9/h7-9H,5-6H2,1-4H3. The lowest BCUT2D eigenvalue weighted by molar-refractivity contribution is 0.00578. The number of rotatable bonds is 3. The fraction of sp³-hybridized carbons (Fsp3) is 0.643. The third-order valence-electron chi connectivity index (χ3n) is 4.15. The lowest BCUT2D eigenvalue weighted by Gasteiger charge is -2.32. The number of hydrogen-bond donors (Lipinski definition) is 0. The van der Waals surface area contributed by atoms with Crippen molar-refractivity contribution >= 4 is 24.3 Å². The molecule has 1 aliphatic heterocycles. The van der Waals surface area contributed by atoms with Crippen molar-refractivity contribution in [1.29, 1.82) is 0 Å². The van der Waals surface area contributed by atoms with Crippen LogP contribution in [0.15, 0.2) is 12.3 Å². The molecule has 6 heteroatoms. The second-order valence-electron chi connectivity index (χ2n) is 6.45. The van der Waals surface area contributed by atoms with Gasteiger partial charge in [0.05, 0.1) is 34.1 Å². The molecule has 0 aromatic carbocycles. The van der Waals surface area contributed by atoms with Gasteiger partial charge < -0.3 is 14.0 Å². The molecule has 0 unspecified atom stereocenters. The SMILES string of the molecule is CC1(C)OB(c2cc(Cl)c(OC3CC3)cn2)OC1(C)C. The summed E-state index contributed by atoms with van der Waals surface area (Å²) in [6.07, 6.45) is 4.14. The van der Waals surface area contributed by atoms with Gasteiger partial charge >= 0.3 is 7.12 Å². The van der Waals surface area contributed by atoms with Gasteiger partial charge in [0.25, 0.3) is 0 Å². The number of pyridine rings is 1. The van der Waals surface area contributed by atoms with E-state index in [1.54, 1.807) is 12.3 Å². The fourth-order valence-corrected chi connectivity index (χ4v) is 2.18. The van der Waals surface area contributed by atoms with E-state index in [0.29, 0.717) is 22.5 Å². The van der Waals surface area contributed by atoms with Crippen molar-refractivity contribution in [3.63, 3.8) is 0 Å². The van der Waals surface area contributed by atoms with Gasteiger partial charge in [-0.1, -0.05) is 11.6 Å². The lowest BCUT2D eigenvalue weighted by atomic mass is 9.84. The summed E-state index contributed by atoms with van der Waals surface area (Å²) in [5.41, 5.74) is -0.0823. The summed E-state index contributed by atoms with van der Waals surface area (Å²) in [7, 11) is -0.493. The normalized spacial score (nSPS) is 23.9. The Morgan fingerprint density at radius 2 is 1.85 bits per heavy atom. The monoisotopic (exact) mass is 295 g/mol. The highest BCUT2D eigenvalue weighted by Crippen LogP contribution is 2.37. The second kappa shape index (κ2) is 4.62. The molecule has 1 saturated carbocycles. The smallest absolute Gasteiger partial charge is 0.487 e. The Bertz CT molecular complexity index is 515. The van der Waals surface area contributed by atoms with Crippen molar-refractivity contribution in [1.82, 2.24) is 4.98 Å². The molecule has 0 spiro atoms. The molecule has 2 aliphatic rings. The number of hydrogen-bond acceptors (Lipinski definition) is 4. The molecule has 20 heavy (non-hydrogen) atoms. The van der Waals surface area contributed by atoms with Gasteiger partial charge in [-0.05, 0) is 46.6 Å². The summed E-state index contributed by atoms with van der Waals surface area (Å²) in [5, 5.41) is 0.552. The van der Waals surface area contributed by atoms with Gasteiger partial charge in [-0.2, -0.15) is 0 Å². The Labute approximate surface area is 124 Å². The number of ether oxygens (including phenoxy) is 1. The van der Waals surface area contributed by atoms with Gasteiger partial charge in [-0.3, -0.25) is 4.98 Å². The van der Waals surface area contributed by atoms with Crippen LogP contribution >= 0.6 is 11.6 Å². The Morgan fingerprint density at radius 3 is 2.35 bits per heavy atom. The first-order valence-corrected chi connectivity index (χ1v) is 7.34. The highest BCUT2D eigenvalue weighted by Gasteiger charge is 2.52. The van der Waals surface area contributed by atoms with Crippen molar-refractivity contribution in [2.45, 2.75) is 57.8 Å². The predicted molar refractivity (Wildman–Crippen MR) is 78.6 cm³/mol. The van der Waals surface area contributed by atoms with E-state index in [0.717, 1.165) is 12.8 Å². The topological polar surface area (TPSA) is 40.6 Å². The average molecular weight is 296 g/mol. The van der Waals surface area contributed by atoms with Gasteiger partial charge in [0, 0.05) is 0 Å². The van der Waals surface area contributed by atoms with Crippen LogP contribution in [0.1, 0.15) is 40.5 Å². The molecule has 4 nitrogen and oxygen atoms in total. The van der Waals surface area contributed by atoms with E-state index < -0.39 is 7.12 Å². The van der Waals surface area contributed by atoms with Crippen LogP contribution in [-0.2, 0) is 9.31 Å². The van der Waals surface area contributed by atoms with Crippen LogP contribution in [-0.4, -0.2) is 29.4 Å². The molecule has 0 bridgehead atoms. The first-order valence-electron chi connectivity index (χ1n) is 6.96. The van der Waals surface area contributed by atoms with Gasteiger partial charge in [-0.25, -0.2) is 0 Å². The molecule has 2 fully saturated rings.